The smallest absolute Gasteiger partial charge is 0.345 e. The molecule has 2 aromatic carbocycles. The van der Waals surface area contributed by atoms with Gasteiger partial charge in [-0.15, -0.1) is 0 Å². The van der Waals surface area contributed by atoms with Crippen molar-refractivity contribution < 1.29 is 14.3 Å². The summed E-state index contributed by atoms with van der Waals surface area (Å²) < 4.78 is 5.37. The van der Waals surface area contributed by atoms with Crippen LogP contribution in [0.1, 0.15) is 67.8 Å². The lowest BCUT2D eigenvalue weighted by Crippen LogP contribution is -2.16. The Labute approximate surface area is 187 Å². The zero-order valence-electron chi connectivity index (χ0n) is 17.0. The average molecular weight is 449 g/mol. The molecule has 0 saturated carbocycles. The lowest BCUT2D eigenvalue weighted by atomic mass is 10.1. The first-order valence-electron chi connectivity index (χ1n) is 10.1. The van der Waals surface area contributed by atoms with E-state index in [1.54, 1.807) is 30.3 Å². The average Bonchev–Trinajstić information content (AvgIpc) is 2.71. The summed E-state index contributed by atoms with van der Waals surface area (Å²) in [5.74, 6) is -0.354. The number of hydrazone groups is 1. The van der Waals surface area contributed by atoms with E-state index in [4.69, 9.17) is 27.9 Å². The summed E-state index contributed by atoms with van der Waals surface area (Å²) in [6.45, 7) is 2.18. The summed E-state index contributed by atoms with van der Waals surface area (Å²) in [5.41, 5.74) is 3.43. The van der Waals surface area contributed by atoms with Crippen molar-refractivity contribution in [2.24, 2.45) is 5.10 Å². The van der Waals surface area contributed by atoms with Gasteiger partial charge in [-0.3, -0.25) is 4.79 Å². The Balaban J connectivity index is 1.82. The topological polar surface area (TPSA) is 67.8 Å². The number of unbranched alkanes of at least 4 members (excludes halogenated alkanes) is 5. The van der Waals surface area contributed by atoms with E-state index >= 15 is 0 Å². The molecule has 0 bridgehead atoms. The number of rotatable bonds is 11. The van der Waals surface area contributed by atoms with E-state index in [2.05, 4.69) is 17.5 Å². The van der Waals surface area contributed by atoms with Gasteiger partial charge in [0.15, 0.2) is 0 Å². The molecule has 2 rings (SSSR count). The van der Waals surface area contributed by atoms with Gasteiger partial charge in [-0.1, -0.05) is 74.4 Å². The van der Waals surface area contributed by atoms with E-state index < -0.39 is 5.97 Å². The van der Waals surface area contributed by atoms with Crippen molar-refractivity contribution in [2.45, 2.75) is 51.9 Å². The number of halogens is 2. The summed E-state index contributed by atoms with van der Waals surface area (Å²) >= 11 is 11.9. The molecular formula is C23H26Cl2N2O3. The van der Waals surface area contributed by atoms with E-state index in [1.165, 1.54) is 37.6 Å². The van der Waals surface area contributed by atoms with Crippen LogP contribution in [0.4, 0.5) is 0 Å². The number of ether oxygens (including phenoxy) is 1. The third-order valence-electron chi connectivity index (χ3n) is 4.38. The van der Waals surface area contributed by atoms with Crippen LogP contribution in [0, 0.1) is 0 Å². The molecule has 7 heteroatoms. The molecule has 0 saturated heterocycles. The minimum absolute atomic E-state index is 0.110. The highest BCUT2D eigenvalue weighted by atomic mass is 35.5. The van der Waals surface area contributed by atoms with Gasteiger partial charge in [-0.05, 0) is 42.3 Å². The van der Waals surface area contributed by atoms with Crippen LogP contribution in [0.15, 0.2) is 47.6 Å². The van der Waals surface area contributed by atoms with Crippen LogP contribution in [0.5, 0.6) is 5.75 Å². The monoisotopic (exact) mass is 448 g/mol. The number of hydrogen-bond acceptors (Lipinski definition) is 4. The lowest BCUT2D eigenvalue weighted by molar-refractivity contribution is -0.121. The van der Waals surface area contributed by atoms with E-state index in [9.17, 15) is 9.59 Å². The molecule has 1 amide bonds. The molecule has 160 valence electrons. The third-order valence-corrected chi connectivity index (χ3v) is 4.93. The second-order valence-electron chi connectivity index (χ2n) is 6.90. The van der Waals surface area contributed by atoms with Gasteiger partial charge < -0.3 is 4.74 Å². The summed E-state index contributed by atoms with van der Waals surface area (Å²) in [7, 11) is 0. The highest BCUT2D eigenvalue weighted by Gasteiger charge is 2.13. The molecule has 0 aliphatic carbocycles. The number of hydrogen-bond donors (Lipinski definition) is 1. The largest absolute Gasteiger partial charge is 0.423 e. The summed E-state index contributed by atoms with van der Waals surface area (Å²) in [6.07, 6.45) is 8.74. The van der Waals surface area contributed by atoms with Crippen molar-refractivity contribution >= 4 is 41.3 Å². The first kappa shape index (κ1) is 23.9. The van der Waals surface area contributed by atoms with Crippen molar-refractivity contribution in [3.05, 3.63) is 63.6 Å². The predicted octanol–water partition coefficient (Wildman–Crippen LogP) is 6.41. The minimum Gasteiger partial charge on any atom is -0.423 e. The zero-order chi connectivity index (χ0) is 21.8. The van der Waals surface area contributed by atoms with E-state index in [1.807, 2.05) is 0 Å². The molecule has 0 spiro atoms. The van der Waals surface area contributed by atoms with Gasteiger partial charge in [-0.2, -0.15) is 5.10 Å². The Hall–Kier alpha value is -2.37. The lowest BCUT2D eigenvalue weighted by Gasteiger charge is -2.07. The van der Waals surface area contributed by atoms with Crippen LogP contribution in [-0.4, -0.2) is 18.1 Å². The fourth-order valence-electron chi connectivity index (χ4n) is 2.78. The van der Waals surface area contributed by atoms with Crippen LogP contribution in [0.25, 0.3) is 0 Å². The number of carbonyl (C=O) groups is 2. The predicted molar refractivity (Wildman–Crippen MR) is 122 cm³/mol. The van der Waals surface area contributed by atoms with E-state index in [0.717, 1.165) is 19.3 Å². The Kier molecular flexibility index (Phi) is 10.4. The van der Waals surface area contributed by atoms with Crippen LogP contribution < -0.4 is 10.2 Å². The van der Waals surface area contributed by atoms with Gasteiger partial charge >= 0.3 is 5.97 Å². The minimum atomic E-state index is -0.585. The second-order valence-corrected chi connectivity index (χ2v) is 7.74. The molecule has 0 aromatic heterocycles. The first-order valence-corrected chi connectivity index (χ1v) is 10.8. The number of nitrogens with zero attached hydrogens (tertiary/aromatic N) is 1. The Bertz CT molecular complexity index is 885. The highest BCUT2D eigenvalue weighted by molar-refractivity contribution is 6.36. The van der Waals surface area contributed by atoms with Gasteiger partial charge in [0.05, 0.1) is 16.8 Å². The van der Waals surface area contributed by atoms with Gasteiger partial charge in [0.2, 0.25) is 5.91 Å². The molecule has 30 heavy (non-hydrogen) atoms. The second kappa shape index (κ2) is 13.0. The van der Waals surface area contributed by atoms with Crippen molar-refractivity contribution in [1.82, 2.24) is 5.43 Å². The van der Waals surface area contributed by atoms with E-state index in [0.29, 0.717) is 22.8 Å². The van der Waals surface area contributed by atoms with Gasteiger partial charge in [-0.25, -0.2) is 10.2 Å². The third kappa shape index (κ3) is 8.56. The molecule has 0 radical (unpaired) electrons. The maximum Gasteiger partial charge on any atom is 0.345 e. The molecule has 0 unspecified atom stereocenters. The van der Waals surface area contributed by atoms with Crippen LogP contribution in [0.2, 0.25) is 10.0 Å². The van der Waals surface area contributed by atoms with Crippen LogP contribution in [-0.2, 0) is 4.79 Å². The maximum atomic E-state index is 12.3. The molecule has 0 atom stereocenters. The van der Waals surface area contributed by atoms with Gasteiger partial charge in [0.25, 0.3) is 0 Å². The normalized spacial score (nSPS) is 10.9. The fourth-order valence-corrected chi connectivity index (χ4v) is 3.26. The molecule has 1 N–H and O–H groups in total. The van der Waals surface area contributed by atoms with Crippen molar-refractivity contribution in [2.75, 3.05) is 0 Å². The number of esters is 1. The quantitative estimate of drug-likeness (QED) is 0.142. The van der Waals surface area contributed by atoms with Crippen LogP contribution in [0.3, 0.4) is 0 Å². The van der Waals surface area contributed by atoms with Gasteiger partial charge in [0.1, 0.15) is 5.75 Å². The standard InChI is InChI=1S/C23H26Cl2N2O3/c1-2-3-4-5-6-7-11-22(28)27-26-16-17-9-8-10-19(14-17)30-23(29)20-13-12-18(24)15-21(20)25/h8-10,12-16H,2-7,11H2,1H3,(H,27,28)/b26-16+. The molecule has 0 aliphatic heterocycles. The summed E-state index contributed by atoms with van der Waals surface area (Å²) in [5, 5.41) is 4.63. The molecule has 0 aliphatic rings. The number of nitrogens with one attached hydrogen (secondary N) is 1. The number of carbonyl (C=O) groups excluding carboxylic acids is 2. The first-order chi connectivity index (χ1) is 14.5. The fraction of sp³-hybridized carbons (Fsp3) is 0.348. The Morgan fingerprint density at radius 2 is 1.80 bits per heavy atom. The zero-order valence-corrected chi connectivity index (χ0v) is 18.5. The SMILES string of the molecule is CCCCCCCCC(=O)N/N=C/c1cccc(OC(=O)c2ccc(Cl)cc2Cl)c1. The van der Waals surface area contributed by atoms with Crippen LogP contribution >= 0.6 is 23.2 Å². The Morgan fingerprint density at radius 1 is 1.03 bits per heavy atom. The number of benzene rings is 2. The maximum absolute atomic E-state index is 12.3. The molecule has 5 nitrogen and oxygen atoms in total. The van der Waals surface area contributed by atoms with Crippen molar-refractivity contribution in [3.8, 4) is 5.75 Å². The molecule has 0 heterocycles. The highest BCUT2D eigenvalue weighted by Crippen LogP contribution is 2.23. The van der Waals surface area contributed by atoms with Gasteiger partial charge in [0, 0.05) is 11.4 Å². The summed E-state index contributed by atoms with van der Waals surface area (Å²) in [4.78, 5) is 24.1. The van der Waals surface area contributed by atoms with Crippen molar-refractivity contribution in [3.63, 3.8) is 0 Å². The van der Waals surface area contributed by atoms with E-state index in [-0.39, 0.29) is 16.5 Å². The van der Waals surface area contributed by atoms with Crippen molar-refractivity contribution in [1.29, 1.82) is 0 Å². The summed E-state index contributed by atoms with van der Waals surface area (Å²) in [6, 6.07) is 11.4. The number of amides is 1. The Morgan fingerprint density at radius 3 is 2.57 bits per heavy atom. The molecular weight excluding hydrogens is 423 g/mol. The molecule has 2 aromatic rings. The molecule has 0 fully saturated rings.